The van der Waals surface area contributed by atoms with E-state index in [-0.39, 0.29) is 5.91 Å². The quantitative estimate of drug-likeness (QED) is 0.0407. The fourth-order valence-corrected chi connectivity index (χ4v) is 7.44. The molecule has 0 saturated heterocycles. The van der Waals surface area contributed by atoms with E-state index >= 15 is 0 Å². The van der Waals surface area contributed by atoms with E-state index in [4.69, 9.17) is 14.2 Å². The molecule has 0 bridgehead atoms. The Bertz CT molecular complexity index is 1940. The highest BCUT2D eigenvalue weighted by atomic mass is 32.1. The second-order valence-corrected chi connectivity index (χ2v) is 15.0. The summed E-state index contributed by atoms with van der Waals surface area (Å²) in [6, 6.07) is 31.7. The number of carbonyl (C=O) groups excluding carboxylic acids is 2. The Balaban J connectivity index is 1.14. The number of esters is 1. The fraction of sp³-hybridized carbons (Fsp3) is 0.347. The van der Waals surface area contributed by atoms with Crippen molar-refractivity contribution >= 4 is 40.4 Å². The first-order valence-corrected chi connectivity index (χ1v) is 21.2. The van der Waals surface area contributed by atoms with Gasteiger partial charge in [0.25, 0.3) is 5.91 Å². The highest BCUT2D eigenvalue weighted by Crippen LogP contribution is 2.37. The van der Waals surface area contributed by atoms with Gasteiger partial charge in [-0.25, -0.2) is 4.79 Å². The molecule has 0 spiro atoms. The van der Waals surface area contributed by atoms with Crippen LogP contribution in [-0.4, -0.2) is 32.2 Å². The molecule has 0 atom stereocenters. The molecule has 0 aliphatic rings. The zero-order valence-corrected chi connectivity index (χ0v) is 34.1. The van der Waals surface area contributed by atoms with Crippen LogP contribution in [0.5, 0.6) is 11.5 Å². The molecule has 1 heterocycles. The van der Waals surface area contributed by atoms with Crippen molar-refractivity contribution in [1.82, 2.24) is 0 Å². The molecule has 1 aromatic heterocycles. The van der Waals surface area contributed by atoms with E-state index in [0.717, 1.165) is 65.4 Å². The number of ether oxygens (including phenoxy) is 3. The smallest absolute Gasteiger partial charge is 0.341 e. The minimum Gasteiger partial charge on any atom is -0.494 e. The Morgan fingerprint density at radius 2 is 1.02 bits per heavy atom. The summed E-state index contributed by atoms with van der Waals surface area (Å²) < 4.78 is 17.0. The number of carbonyl (C=O) groups is 2. The predicted molar refractivity (Wildman–Crippen MR) is 234 cm³/mol. The van der Waals surface area contributed by atoms with Crippen LogP contribution in [0.3, 0.4) is 0 Å². The monoisotopic (exact) mass is 771 g/mol. The molecule has 5 aromatic rings. The van der Waals surface area contributed by atoms with Crippen LogP contribution in [0.25, 0.3) is 34.4 Å². The lowest BCUT2D eigenvalue weighted by Gasteiger charge is -2.10. The fourth-order valence-electron chi connectivity index (χ4n) is 6.49. The molecule has 0 aliphatic carbocycles. The van der Waals surface area contributed by atoms with Crippen LogP contribution in [0.2, 0.25) is 0 Å². The van der Waals surface area contributed by atoms with Crippen molar-refractivity contribution in [2.24, 2.45) is 0 Å². The summed E-state index contributed by atoms with van der Waals surface area (Å²) >= 11 is 1.30. The molecule has 0 aliphatic heterocycles. The molecular formula is C49H57NO5S. The first kappa shape index (κ1) is 42.0. The lowest BCUT2D eigenvalue weighted by molar-refractivity contribution is 0.0603. The van der Waals surface area contributed by atoms with Gasteiger partial charge in [-0.15, -0.1) is 11.3 Å². The van der Waals surface area contributed by atoms with E-state index in [1.165, 1.54) is 82.7 Å². The number of hydrogen-bond acceptors (Lipinski definition) is 6. The summed E-state index contributed by atoms with van der Waals surface area (Å²) in [7, 11) is 1.35. The van der Waals surface area contributed by atoms with Crippen molar-refractivity contribution in [3.8, 4) is 33.8 Å². The molecule has 5 rings (SSSR count). The highest BCUT2D eigenvalue weighted by molar-refractivity contribution is 7.15. The van der Waals surface area contributed by atoms with Gasteiger partial charge < -0.3 is 19.5 Å². The average molecular weight is 772 g/mol. The maximum Gasteiger partial charge on any atom is 0.341 e. The molecule has 0 unspecified atom stereocenters. The largest absolute Gasteiger partial charge is 0.494 e. The van der Waals surface area contributed by atoms with Crippen LogP contribution in [-0.2, 0) is 4.74 Å². The maximum atomic E-state index is 13.4. The average Bonchev–Trinajstić information content (AvgIpc) is 3.66. The number of unbranched alkanes of at least 4 members (excludes halogenated alkanes) is 10. The zero-order valence-electron chi connectivity index (χ0n) is 33.3. The second-order valence-electron chi connectivity index (χ2n) is 14.2. The lowest BCUT2D eigenvalue weighted by atomic mass is 9.99. The predicted octanol–water partition coefficient (Wildman–Crippen LogP) is 13.8. The number of hydrogen-bond donors (Lipinski definition) is 1. The Morgan fingerprint density at radius 1 is 0.571 bits per heavy atom. The van der Waals surface area contributed by atoms with Crippen LogP contribution < -0.4 is 14.8 Å². The van der Waals surface area contributed by atoms with Crippen molar-refractivity contribution in [2.45, 2.75) is 90.9 Å². The molecule has 1 N–H and O–H groups in total. The zero-order chi connectivity index (χ0) is 39.4. The van der Waals surface area contributed by atoms with Crippen molar-refractivity contribution in [2.75, 3.05) is 25.6 Å². The Kier molecular flexibility index (Phi) is 17.3. The van der Waals surface area contributed by atoms with Crippen molar-refractivity contribution in [1.29, 1.82) is 0 Å². The van der Waals surface area contributed by atoms with E-state index in [1.807, 2.05) is 90.3 Å². The molecule has 6 nitrogen and oxygen atoms in total. The van der Waals surface area contributed by atoms with Crippen molar-refractivity contribution < 1.29 is 23.8 Å². The topological polar surface area (TPSA) is 73.9 Å². The summed E-state index contributed by atoms with van der Waals surface area (Å²) in [5, 5.41) is 5.28. The number of anilines is 1. The number of thiophene rings is 1. The third-order valence-electron chi connectivity index (χ3n) is 9.85. The summed E-state index contributed by atoms with van der Waals surface area (Å²) in [5.41, 5.74) is 6.56. The Morgan fingerprint density at radius 3 is 1.54 bits per heavy atom. The standard InChI is InChI=1S/C49H57NO5S/c1-4-6-8-10-12-14-34-54-43-30-20-38(21-31-43)17-16-37-18-22-42(23-19-37)47(51)50-48-46(49(52)53-3)45(36-56-48)41-26-24-39(25-27-41)40-28-32-44(33-29-40)55-35-15-13-11-9-7-5-2/h16-33,36H,4-15,34-35H2,1-3H3,(H,50,51)/b17-16+. The molecular weight excluding hydrogens is 715 g/mol. The SMILES string of the molecule is CCCCCCCCOc1ccc(/C=C/c2ccc(C(=O)Nc3scc(-c4ccc(-c5ccc(OCCCCCCCC)cc5)cc4)c3C(=O)OC)cc2)cc1. The second kappa shape index (κ2) is 23.1. The molecule has 56 heavy (non-hydrogen) atoms. The van der Waals surface area contributed by atoms with Gasteiger partial charge in [-0.2, -0.15) is 0 Å². The first-order chi connectivity index (χ1) is 27.5. The van der Waals surface area contributed by atoms with Gasteiger partial charge in [0, 0.05) is 16.5 Å². The minimum absolute atomic E-state index is 0.301. The number of benzene rings is 4. The van der Waals surface area contributed by atoms with Crippen LogP contribution in [0, 0.1) is 0 Å². The maximum absolute atomic E-state index is 13.4. The van der Waals surface area contributed by atoms with Gasteiger partial charge in [0.2, 0.25) is 0 Å². The molecule has 0 fully saturated rings. The van der Waals surface area contributed by atoms with E-state index in [2.05, 4.69) is 31.3 Å². The number of nitrogens with one attached hydrogen (secondary N) is 1. The number of methoxy groups -OCH3 is 1. The van der Waals surface area contributed by atoms with Crippen LogP contribution >= 0.6 is 11.3 Å². The molecule has 0 radical (unpaired) electrons. The van der Waals surface area contributed by atoms with E-state index in [0.29, 0.717) is 21.7 Å². The van der Waals surface area contributed by atoms with Gasteiger partial charge in [-0.05, 0) is 77.1 Å². The van der Waals surface area contributed by atoms with Crippen LogP contribution in [0.15, 0.2) is 102 Å². The van der Waals surface area contributed by atoms with Crippen molar-refractivity contribution in [3.63, 3.8) is 0 Å². The van der Waals surface area contributed by atoms with E-state index < -0.39 is 5.97 Å². The summed E-state index contributed by atoms with van der Waals surface area (Å²) in [6.07, 6.45) is 19.0. The van der Waals surface area contributed by atoms with E-state index in [9.17, 15) is 9.59 Å². The van der Waals surface area contributed by atoms with Gasteiger partial charge in [-0.1, -0.05) is 151 Å². The Hall–Kier alpha value is -5.14. The van der Waals surface area contributed by atoms with Crippen LogP contribution in [0.4, 0.5) is 5.00 Å². The molecule has 294 valence electrons. The third kappa shape index (κ3) is 13.0. The van der Waals surface area contributed by atoms with Gasteiger partial charge in [0.1, 0.15) is 22.1 Å². The van der Waals surface area contributed by atoms with Gasteiger partial charge in [-0.3, -0.25) is 4.79 Å². The van der Waals surface area contributed by atoms with Crippen molar-refractivity contribution in [3.05, 3.63) is 125 Å². The highest BCUT2D eigenvalue weighted by Gasteiger charge is 2.23. The summed E-state index contributed by atoms with van der Waals surface area (Å²) in [6.45, 7) is 5.96. The van der Waals surface area contributed by atoms with E-state index in [1.54, 1.807) is 12.1 Å². The van der Waals surface area contributed by atoms with Gasteiger partial charge in [0.05, 0.1) is 20.3 Å². The molecule has 0 saturated carbocycles. The lowest BCUT2D eigenvalue weighted by Crippen LogP contribution is -2.14. The van der Waals surface area contributed by atoms with Gasteiger partial charge >= 0.3 is 5.97 Å². The van der Waals surface area contributed by atoms with Crippen LogP contribution in [0.1, 0.15) is 123 Å². The Labute approximate surface area is 337 Å². The minimum atomic E-state index is -0.505. The summed E-state index contributed by atoms with van der Waals surface area (Å²) in [4.78, 5) is 26.4. The normalized spacial score (nSPS) is 11.1. The summed E-state index contributed by atoms with van der Waals surface area (Å²) in [5.74, 6) is 0.961. The third-order valence-corrected chi connectivity index (χ3v) is 10.7. The molecule has 7 heteroatoms. The first-order valence-electron chi connectivity index (χ1n) is 20.3. The number of amides is 1. The molecule has 1 amide bonds. The number of rotatable bonds is 23. The van der Waals surface area contributed by atoms with Gasteiger partial charge in [0.15, 0.2) is 0 Å². The molecule has 4 aromatic carbocycles.